The molecule has 0 bridgehead atoms. The highest BCUT2D eigenvalue weighted by atomic mass is 16.2. The number of hydrogen-bond acceptors (Lipinski definition) is 2. The molecule has 0 radical (unpaired) electrons. The van der Waals surface area contributed by atoms with E-state index in [2.05, 4.69) is 5.92 Å². The van der Waals surface area contributed by atoms with Crippen molar-refractivity contribution in [2.75, 3.05) is 0 Å². The Morgan fingerprint density at radius 3 is 2.00 bits per heavy atom. The summed E-state index contributed by atoms with van der Waals surface area (Å²) < 4.78 is 0. The first-order chi connectivity index (χ1) is 3.06. The Morgan fingerprint density at radius 1 is 1.57 bits per heavy atom. The molecular formula is C5H9NO. The maximum Gasteiger partial charge on any atom is 0.109 e. The van der Waals surface area contributed by atoms with E-state index in [0.717, 1.165) is 0 Å². The van der Waals surface area contributed by atoms with E-state index in [1.807, 2.05) is 0 Å². The highest BCUT2D eigenvalue weighted by molar-refractivity contribution is 5.07. The molecule has 0 saturated heterocycles. The summed E-state index contributed by atoms with van der Waals surface area (Å²) >= 11 is 0. The van der Waals surface area contributed by atoms with Crippen LogP contribution in [0.2, 0.25) is 0 Å². The molecule has 0 aliphatic rings. The van der Waals surface area contributed by atoms with Crippen molar-refractivity contribution in [1.82, 2.24) is 0 Å². The highest BCUT2D eigenvalue weighted by Crippen LogP contribution is 1.89. The van der Waals surface area contributed by atoms with Crippen molar-refractivity contribution in [3.63, 3.8) is 0 Å². The lowest BCUT2D eigenvalue weighted by Gasteiger charge is -2.05. The first-order valence-electron chi connectivity index (χ1n) is 2.01. The Kier molecular flexibility index (Phi) is 1.67. The van der Waals surface area contributed by atoms with Gasteiger partial charge >= 0.3 is 0 Å². The molecule has 0 aliphatic carbocycles. The van der Waals surface area contributed by atoms with Crippen molar-refractivity contribution in [3.05, 3.63) is 0 Å². The first kappa shape index (κ1) is 6.32. The lowest BCUT2D eigenvalue weighted by Crippen LogP contribution is -2.29. The molecule has 0 spiro atoms. The van der Waals surface area contributed by atoms with Crippen molar-refractivity contribution < 1.29 is 5.11 Å². The van der Waals surface area contributed by atoms with Gasteiger partial charge in [0.2, 0.25) is 0 Å². The standard InChI is InChI=1S/C5H9NO/c1-5(2,6)3-4-7/h7H,6H2,1-2H3. The first-order valence-corrected chi connectivity index (χ1v) is 2.01. The molecule has 3 N–H and O–H groups in total. The number of rotatable bonds is 0. The van der Waals surface area contributed by atoms with Gasteiger partial charge in [-0.2, -0.15) is 0 Å². The number of hydrogen-bond donors (Lipinski definition) is 2. The Bertz CT molecular complexity index is 101. The minimum Gasteiger partial charge on any atom is -0.462 e. The third-order valence-electron chi connectivity index (χ3n) is 0.378. The number of aliphatic hydroxyl groups excluding tert-OH is 1. The molecular weight excluding hydrogens is 90.1 g/mol. The van der Waals surface area contributed by atoms with E-state index in [9.17, 15) is 0 Å². The zero-order chi connectivity index (χ0) is 5.91. The highest BCUT2D eigenvalue weighted by Gasteiger charge is 2.02. The lowest BCUT2D eigenvalue weighted by atomic mass is 10.1. The molecule has 0 unspecified atom stereocenters. The Labute approximate surface area is 43.3 Å². The molecule has 40 valence electrons. The van der Waals surface area contributed by atoms with Gasteiger partial charge in [0.1, 0.15) is 6.11 Å². The van der Waals surface area contributed by atoms with Gasteiger partial charge in [0.05, 0.1) is 5.54 Å². The van der Waals surface area contributed by atoms with Gasteiger partial charge in [-0.1, -0.05) is 0 Å². The Morgan fingerprint density at radius 2 is 2.00 bits per heavy atom. The molecule has 0 heterocycles. The molecule has 0 fully saturated rings. The van der Waals surface area contributed by atoms with E-state index in [4.69, 9.17) is 10.8 Å². The number of nitrogens with two attached hydrogens (primary N) is 1. The van der Waals surface area contributed by atoms with Crippen LogP contribution in [-0.4, -0.2) is 10.6 Å². The predicted molar refractivity (Wildman–Crippen MR) is 28.0 cm³/mol. The second-order valence-corrected chi connectivity index (χ2v) is 1.96. The van der Waals surface area contributed by atoms with Gasteiger partial charge in [0.25, 0.3) is 0 Å². The zero-order valence-corrected chi connectivity index (χ0v) is 4.52. The van der Waals surface area contributed by atoms with E-state index < -0.39 is 5.54 Å². The summed E-state index contributed by atoms with van der Waals surface area (Å²) in [7, 11) is 0. The minimum absolute atomic E-state index is 0.561. The van der Waals surface area contributed by atoms with Gasteiger partial charge in [-0.15, -0.1) is 0 Å². The molecule has 2 heteroatoms. The summed E-state index contributed by atoms with van der Waals surface area (Å²) in [5.41, 5.74) is 4.75. The maximum atomic E-state index is 7.96. The molecule has 0 aromatic heterocycles. The van der Waals surface area contributed by atoms with Crippen LogP contribution >= 0.6 is 0 Å². The summed E-state index contributed by atoms with van der Waals surface area (Å²) in [6, 6.07) is 0. The monoisotopic (exact) mass is 99.1 g/mol. The smallest absolute Gasteiger partial charge is 0.109 e. The topological polar surface area (TPSA) is 46.2 Å². The Balaban J connectivity index is 3.72. The second-order valence-electron chi connectivity index (χ2n) is 1.96. The van der Waals surface area contributed by atoms with Gasteiger partial charge in [-0.25, -0.2) is 0 Å². The van der Waals surface area contributed by atoms with Gasteiger partial charge in [-0.05, 0) is 19.8 Å². The second kappa shape index (κ2) is 1.85. The van der Waals surface area contributed by atoms with E-state index in [1.54, 1.807) is 20.0 Å². The van der Waals surface area contributed by atoms with Crippen molar-refractivity contribution in [1.29, 1.82) is 0 Å². The van der Waals surface area contributed by atoms with Crippen molar-refractivity contribution >= 4 is 0 Å². The van der Waals surface area contributed by atoms with Crippen LogP contribution in [0.15, 0.2) is 0 Å². The minimum atomic E-state index is -0.561. The molecule has 0 aromatic carbocycles. The van der Waals surface area contributed by atoms with Crippen LogP contribution in [0.25, 0.3) is 0 Å². The predicted octanol–water partition coefficient (Wildman–Crippen LogP) is 0.0571. The lowest BCUT2D eigenvalue weighted by molar-refractivity contribution is 0.511. The summed E-state index contributed by atoms with van der Waals surface area (Å²) in [6.07, 6.45) is 1.73. The Hall–Kier alpha value is -0.680. The molecule has 0 aliphatic heterocycles. The van der Waals surface area contributed by atoms with Crippen LogP contribution in [0.3, 0.4) is 0 Å². The van der Waals surface area contributed by atoms with Crippen LogP contribution < -0.4 is 5.73 Å². The van der Waals surface area contributed by atoms with Crippen molar-refractivity contribution in [3.8, 4) is 12.0 Å². The fraction of sp³-hybridized carbons (Fsp3) is 0.600. The summed E-state index contributed by atoms with van der Waals surface area (Å²) in [6.45, 7) is 3.44. The average molecular weight is 99.1 g/mol. The average Bonchev–Trinajstić information content (AvgIpc) is 1.30. The molecule has 0 saturated carbocycles. The van der Waals surface area contributed by atoms with Crippen LogP contribution in [0, 0.1) is 12.0 Å². The fourth-order valence-electron chi connectivity index (χ4n) is 0.144. The summed E-state index contributed by atoms with van der Waals surface area (Å²) in [4.78, 5) is 0. The van der Waals surface area contributed by atoms with Gasteiger partial charge in [0.15, 0.2) is 0 Å². The molecule has 0 rings (SSSR count). The van der Waals surface area contributed by atoms with Crippen molar-refractivity contribution in [2.45, 2.75) is 19.4 Å². The van der Waals surface area contributed by atoms with Gasteiger partial charge in [0, 0.05) is 0 Å². The molecule has 0 atom stereocenters. The zero-order valence-electron chi connectivity index (χ0n) is 4.52. The fourth-order valence-corrected chi connectivity index (χ4v) is 0.144. The molecule has 0 aromatic rings. The largest absolute Gasteiger partial charge is 0.462 e. The molecule has 7 heavy (non-hydrogen) atoms. The van der Waals surface area contributed by atoms with Gasteiger partial charge < -0.3 is 10.8 Å². The van der Waals surface area contributed by atoms with Crippen LogP contribution in [0.4, 0.5) is 0 Å². The third-order valence-corrected chi connectivity index (χ3v) is 0.378. The number of aliphatic hydroxyl groups is 1. The summed E-state index contributed by atoms with van der Waals surface area (Å²) in [5.74, 6) is 2.37. The van der Waals surface area contributed by atoms with E-state index in [1.165, 1.54) is 0 Å². The normalized spacial score (nSPS) is 9.57. The van der Waals surface area contributed by atoms with Gasteiger partial charge in [-0.3, -0.25) is 0 Å². The molecule has 2 nitrogen and oxygen atoms in total. The van der Waals surface area contributed by atoms with Crippen LogP contribution in [0.1, 0.15) is 13.8 Å². The molecule has 0 amide bonds. The quantitative estimate of drug-likeness (QED) is 0.422. The van der Waals surface area contributed by atoms with E-state index in [-0.39, 0.29) is 0 Å². The van der Waals surface area contributed by atoms with Crippen molar-refractivity contribution in [2.24, 2.45) is 5.73 Å². The van der Waals surface area contributed by atoms with E-state index >= 15 is 0 Å². The third kappa shape index (κ3) is 5.32. The SMILES string of the molecule is CC(C)(N)C#CO. The maximum absolute atomic E-state index is 7.96. The van der Waals surface area contributed by atoms with Crippen LogP contribution in [0.5, 0.6) is 0 Å². The summed E-state index contributed by atoms with van der Waals surface area (Å²) in [5, 5.41) is 7.96. The van der Waals surface area contributed by atoms with Crippen LogP contribution in [-0.2, 0) is 0 Å². The van der Waals surface area contributed by atoms with E-state index in [0.29, 0.717) is 0 Å².